The van der Waals surface area contributed by atoms with Gasteiger partial charge in [-0.15, -0.1) is 0 Å². The van der Waals surface area contributed by atoms with Gasteiger partial charge in [-0.3, -0.25) is 14.5 Å². The number of carbonyl (C=O) groups is 1. The van der Waals surface area contributed by atoms with Gasteiger partial charge in [0.05, 0.1) is 46.5 Å². The zero-order chi connectivity index (χ0) is 24.2. The van der Waals surface area contributed by atoms with E-state index in [1.165, 1.54) is 25.0 Å². The van der Waals surface area contributed by atoms with Gasteiger partial charge in [-0.2, -0.15) is 0 Å². The van der Waals surface area contributed by atoms with Crippen LogP contribution in [0.1, 0.15) is 40.7 Å². The molecule has 1 atom stereocenters. The Balaban J connectivity index is 1.61. The molecule has 0 saturated carbocycles. The first kappa shape index (κ1) is 23.4. The summed E-state index contributed by atoms with van der Waals surface area (Å²) in [7, 11) is 4.48. The van der Waals surface area contributed by atoms with Crippen LogP contribution in [-0.4, -0.2) is 43.8 Å². The molecule has 1 aliphatic rings. The van der Waals surface area contributed by atoms with Crippen LogP contribution in [-0.2, 0) is 29.0 Å². The van der Waals surface area contributed by atoms with Crippen LogP contribution >= 0.6 is 0 Å². The summed E-state index contributed by atoms with van der Waals surface area (Å²) in [6.07, 6.45) is 2.10. The Morgan fingerprint density at radius 1 is 1.15 bits per heavy atom. The monoisotopic (exact) mass is 469 g/mol. The average molecular weight is 469 g/mol. The van der Waals surface area contributed by atoms with Crippen LogP contribution in [0, 0.1) is 0 Å². The molecular formula is C25H27NO8. The van der Waals surface area contributed by atoms with Gasteiger partial charge in [0, 0.05) is 19.2 Å². The number of methoxy groups -OCH3 is 3. The number of carbonyl (C=O) groups excluding carboxylic acids is 1. The molecular weight excluding hydrogens is 442 g/mol. The van der Waals surface area contributed by atoms with Gasteiger partial charge in [0.25, 0.3) is 0 Å². The highest BCUT2D eigenvalue weighted by Gasteiger charge is 2.29. The van der Waals surface area contributed by atoms with Gasteiger partial charge in [-0.05, 0) is 41.8 Å². The van der Waals surface area contributed by atoms with Gasteiger partial charge in [-0.25, -0.2) is 0 Å². The van der Waals surface area contributed by atoms with Crippen LogP contribution in [0.3, 0.4) is 0 Å². The number of nitrogens with zero attached hydrogens (tertiary/aromatic N) is 1. The van der Waals surface area contributed by atoms with E-state index in [1.807, 2.05) is 12.1 Å². The fourth-order valence-electron chi connectivity index (χ4n) is 4.23. The van der Waals surface area contributed by atoms with E-state index in [-0.39, 0.29) is 12.2 Å². The van der Waals surface area contributed by atoms with Crippen molar-refractivity contribution >= 4 is 5.97 Å². The summed E-state index contributed by atoms with van der Waals surface area (Å²) >= 11 is 0. The van der Waals surface area contributed by atoms with Crippen molar-refractivity contribution in [3.05, 3.63) is 75.2 Å². The maximum absolute atomic E-state index is 12.6. The predicted octanol–water partition coefficient (Wildman–Crippen LogP) is 3.21. The maximum atomic E-state index is 12.6. The lowest BCUT2D eigenvalue weighted by Gasteiger charge is -2.29. The molecule has 34 heavy (non-hydrogen) atoms. The molecule has 0 aliphatic carbocycles. The van der Waals surface area contributed by atoms with Gasteiger partial charge in [0.2, 0.25) is 11.2 Å². The molecule has 0 amide bonds. The SMILES string of the molecule is COC(=O)C[C@H](c1ccco1)c1oc(CN2CCc3cc(OC)c(OC)cc3C2)cc(=O)c1O. The van der Waals surface area contributed by atoms with Crippen molar-refractivity contribution in [1.82, 2.24) is 4.90 Å². The number of ether oxygens (including phenoxy) is 3. The summed E-state index contributed by atoms with van der Waals surface area (Å²) in [5.41, 5.74) is 1.70. The number of benzene rings is 1. The molecule has 0 bridgehead atoms. The third-order valence-corrected chi connectivity index (χ3v) is 5.98. The number of furan rings is 1. The Bertz CT molecular complexity index is 1210. The maximum Gasteiger partial charge on any atom is 0.306 e. The number of rotatable bonds is 8. The second kappa shape index (κ2) is 10.0. The highest BCUT2D eigenvalue weighted by atomic mass is 16.5. The Kier molecular flexibility index (Phi) is 6.93. The van der Waals surface area contributed by atoms with Gasteiger partial charge in [0.15, 0.2) is 17.3 Å². The first-order chi connectivity index (χ1) is 16.4. The molecule has 1 aliphatic heterocycles. The minimum absolute atomic E-state index is 0.0216. The molecule has 3 heterocycles. The van der Waals surface area contributed by atoms with Crippen LogP contribution < -0.4 is 14.9 Å². The molecule has 1 aromatic carbocycles. The molecule has 180 valence electrons. The summed E-state index contributed by atoms with van der Waals surface area (Å²) < 4.78 is 27.0. The topological polar surface area (TPSA) is 112 Å². The van der Waals surface area contributed by atoms with Gasteiger partial charge >= 0.3 is 5.97 Å². The summed E-state index contributed by atoms with van der Waals surface area (Å²) in [4.78, 5) is 26.7. The van der Waals surface area contributed by atoms with Gasteiger partial charge in [-0.1, -0.05) is 0 Å². The molecule has 0 radical (unpaired) electrons. The molecule has 0 saturated heterocycles. The van der Waals surface area contributed by atoms with Crippen molar-refractivity contribution in [2.45, 2.75) is 31.8 Å². The van der Waals surface area contributed by atoms with E-state index in [0.717, 1.165) is 18.5 Å². The molecule has 0 spiro atoms. The third-order valence-electron chi connectivity index (χ3n) is 5.98. The molecule has 9 nitrogen and oxygen atoms in total. The van der Waals surface area contributed by atoms with Crippen LogP contribution in [0.2, 0.25) is 0 Å². The fraction of sp³-hybridized carbons (Fsp3) is 0.360. The van der Waals surface area contributed by atoms with Gasteiger partial charge in [0.1, 0.15) is 11.5 Å². The Labute approximate surface area is 196 Å². The largest absolute Gasteiger partial charge is 0.502 e. The second-order valence-electron chi connectivity index (χ2n) is 8.07. The summed E-state index contributed by atoms with van der Waals surface area (Å²) in [5.74, 6) is 0.225. The normalized spacial score (nSPS) is 14.3. The minimum Gasteiger partial charge on any atom is -0.502 e. The molecule has 0 fully saturated rings. The fourth-order valence-corrected chi connectivity index (χ4v) is 4.23. The van der Waals surface area contributed by atoms with E-state index >= 15 is 0 Å². The smallest absolute Gasteiger partial charge is 0.306 e. The van der Waals surface area contributed by atoms with E-state index in [4.69, 9.17) is 23.0 Å². The van der Waals surface area contributed by atoms with E-state index in [2.05, 4.69) is 4.90 Å². The quantitative estimate of drug-likeness (QED) is 0.497. The third kappa shape index (κ3) is 4.79. The van der Waals surface area contributed by atoms with Crippen molar-refractivity contribution in [3.63, 3.8) is 0 Å². The molecule has 0 unspecified atom stereocenters. The number of aromatic hydroxyl groups is 1. The molecule has 4 rings (SSSR count). The van der Waals surface area contributed by atoms with E-state index in [9.17, 15) is 14.7 Å². The Morgan fingerprint density at radius 3 is 2.53 bits per heavy atom. The van der Waals surface area contributed by atoms with E-state index in [1.54, 1.807) is 26.4 Å². The zero-order valence-electron chi connectivity index (χ0n) is 19.3. The molecule has 3 aromatic rings. The lowest BCUT2D eigenvalue weighted by molar-refractivity contribution is -0.141. The number of fused-ring (bicyclic) bond motifs is 1. The molecule has 1 N–H and O–H groups in total. The van der Waals surface area contributed by atoms with Crippen molar-refractivity contribution < 1.29 is 32.9 Å². The average Bonchev–Trinajstić information content (AvgIpc) is 3.38. The number of hydrogen-bond donors (Lipinski definition) is 1. The predicted molar refractivity (Wildman–Crippen MR) is 121 cm³/mol. The first-order valence-corrected chi connectivity index (χ1v) is 10.9. The van der Waals surface area contributed by atoms with Crippen LogP contribution in [0.5, 0.6) is 17.2 Å². The molecule has 9 heteroatoms. The Hall–Kier alpha value is -3.72. The van der Waals surface area contributed by atoms with E-state index in [0.29, 0.717) is 36.1 Å². The minimum atomic E-state index is -0.797. The highest BCUT2D eigenvalue weighted by Crippen LogP contribution is 2.35. The van der Waals surface area contributed by atoms with Crippen LogP contribution in [0.4, 0.5) is 0 Å². The zero-order valence-corrected chi connectivity index (χ0v) is 19.3. The lowest BCUT2D eigenvalue weighted by Crippen LogP contribution is -2.30. The highest BCUT2D eigenvalue weighted by molar-refractivity contribution is 5.71. The van der Waals surface area contributed by atoms with E-state index < -0.39 is 23.1 Å². The van der Waals surface area contributed by atoms with Crippen molar-refractivity contribution in [2.75, 3.05) is 27.9 Å². The van der Waals surface area contributed by atoms with Crippen molar-refractivity contribution in [3.8, 4) is 17.2 Å². The summed E-state index contributed by atoms with van der Waals surface area (Å²) in [5, 5.41) is 10.5. The van der Waals surface area contributed by atoms with Crippen molar-refractivity contribution in [1.29, 1.82) is 0 Å². The number of hydrogen-bond acceptors (Lipinski definition) is 9. The summed E-state index contributed by atoms with van der Waals surface area (Å²) in [6, 6.07) is 8.55. The standard InChI is InChI=1S/C25H27NO8/c1-30-21-9-15-6-7-26(13-16(15)10-22(21)31-2)14-17-11-19(27)24(29)25(34-17)18(12-23(28)32-3)20-5-4-8-33-20/h4-5,8-11,18,29H,6-7,12-14H2,1-3H3/t18-/m1/s1. The molecule has 2 aromatic heterocycles. The van der Waals surface area contributed by atoms with Crippen LogP contribution in [0.15, 0.2) is 50.2 Å². The Morgan fingerprint density at radius 2 is 1.88 bits per heavy atom. The van der Waals surface area contributed by atoms with Crippen molar-refractivity contribution in [2.24, 2.45) is 0 Å². The second-order valence-corrected chi connectivity index (χ2v) is 8.07. The first-order valence-electron chi connectivity index (χ1n) is 10.9. The van der Waals surface area contributed by atoms with Crippen LogP contribution in [0.25, 0.3) is 0 Å². The van der Waals surface area contributed by atoms with Gasteiger partial charge < -0.3 is 28.2 Å². The summed E-state index contributed by atoms with van der Waals surface area (Å²) in [6.45, 7) is 1.71. The number of esters is 1. The lowest BCUT2D eigenvalue weighted by atomic mass is 9.97.